The first-order chi connectivity index (χ1) is 8.63. The highest BCUT2D eigenvalue weighted by Crippen LogP contribution is 2.33. The Hall–Kier alpha value is -0.740. The maximum Gasteiger partial charge on any atom is 0.107 e. The van der Waals surface area contributed by atoms with Gasteiger partial charge in [0, 0.05) is 22.2 Å². The predicted molar refractivity (Wildman–Crippen MR) is 84.5 cm³/mol. The van der Waals surface area contributed by atoms with Crippen LogP contribution in [0.2, 0.25) is 0 Å². The van der Waals surface area contributed by atoms with Gasteiger partial charge in [-0.15, -0.1) is 11.8 Å². The van der Waals surface area contributed by atoms with Crippen LogP contribution in [0.15, 0.2) is 23.1 Å². The number of rotatable bonds is 5. The Kier molecular flexibility index (Phi) is 4.51. The molecule has 4 heteroatoms. The first-order valence-electron chi connectivity index (χ1n) is 6.37. The van der Waals surface area contributed by atoms with Crippen LogP contribution in [-0.4, -0.2) is 17.3 Å². The minimum Gasteiger partial charge on any atom is -0.389 e. The zero-order valence-corrected chi connectivity index (χ0v) is 12.5. The average molecular weight is 280 g/mol. The van der Waals surface area contributed by atoms with Crippen molar-refractivity contribution in [2.24, 2.45) is 11.7 Å². The highest BCUT2D eigenvalue weighted by Gasteiger charge is 2.24. The molecular formula is C14H20N2S2. The Labute approximate surface area is 119 Å². The Bertz CT molecular complexity index is 441. The van der Waals surface area contributed by atoms with Gasteiger partial charge in [-0.05, 0) is 44.1 Å². The van der Waals surface area contributed by atoms with Gasteiger partial charge in [0.25, 0.3) is 0 Å². The third-order valence-corrected chi connectivity index (χ3v) is 4.72. The minimum absolute atomic E-state index is 0.475. The fourth-order valence-electron chi connectivity index (χ4n) is 2.38. The summed E-state index contributed by atoms with van der Waals surface area (Å²) in [5, 5.41) is 3.59. The van der Waals surface area contributed by atoms with Crippen LogP contribution in [-0.2, 0) is 0 Å². The van der Waals surface area contributed by atoms with E-state index in [1.165, 1.54) is 19.3 Å². The third kappa shape index (κ3) is 2.81. The molecule has 18 heavy (non-hydrogen) atoms. The molecule has 1 aliphatic carbocycles. The summed E-state index contributed by atoms with van der Waals surface area (Å²) in [4.78, 5) is 1.62. The minimum atomic E-state index is 0.475. The quantitative estimate of drug-likeness (QED) is 0.638. The predicted octanol–water partition coefficient (Wildman–Crippen LogP) is 3.64. The lowest BCUT2D eigenvalue weighted by Crippen LogP contribution is -2.31. The molecule has 1 aromatic rings. The molecule has 2 rings (SSSR count). The van der Waals surface area contributed by atoms with Crippen molar-refractivity contribution in [2.45, 2.75) is 37.1 Å². The van der Waals surface area contributed by atoms with Crippen molar-refractivity contribution in [3.8, 4) is 0 Å². The topological polar surface area (TPSA) is 38.0 Å². The lowest BCUT2D eigenvalue weighted by atomic mass is 9.80. The molecule has 0 bridgehead atoms. The second-order valence-electron chi connectivity index (χ2n) is 4.87. The molecule has 0 saturated heterocycles. The Morgan fingerprint density at radius 2 is 2.22 bits per heavy atom. The van der Waals surface area contributed by atoms with E-state index in [4.69, 9.17) is 18.0 Å². The zero-order valence-electron chi connectivity index (χ0n) is 10.9. The number of thioether (sulfide) groups is 1. The van der Waals surface area contributed by atoms with Gasteiger partial charge in [-0.1, -0.05) is 24.7 Å². The molecule has 1 atom stereocenters. The summed E-state index contributed by atoms with van der Waals surface area (Å²) in [5.41, 5.74) is 7.94. The van der Waals surface area contributed by atoms with Crippen LogP contribution in [0.5, 0.6) is 0 Å². The SMILES string of the molecule is CSc1cccc(NC(C)C2CCC2)c1C(N)=S. The monoisotopic (exact) mass is 280 g/mol. The van der Waals surface area contributed by atoms with Gasteiger partial charge in [0.2, 0.25) is 0 Å². The van der Waals surface area contributed by atoms with Crippen molar-refractivity contribution >= 4 is 34.7 Å². The van der Waals surface area contributed by atoms with E-state index in [-0.39, 0.29) is 0 Å². The summed E-state index contributed by atoms with van der Waals surface area (Å²) in [6.07, 6.45) is 6.08. The van der Waals surface area contributed by atoms with Crippen LogP contribution in [0.4, 0.5) is 5.69 Å². The fourth-order valence-corrected chi connectivity index (χ4v) is 3.30. The summed E-state index contributed by atoms with van der Waals surface area (Å²) in [6.45, 7) is 2.25. The number of benzene rings is 1. The Morgan fingerprint density at radius 1 is 1.50 bits per heavy atom. The van der Waals surface area contributed by atoms with E-state index in [1.807, 2.05) is 0 Å². The molecule has 0 radical (unpaired) electrons. The normalized spacial score (nSPS) is 17.0. The smallest absolute Gasteiger partial charge is 0.107 e. The number of nitrogens with two attached hydrogens (primary N) is 1. The van der Waals surface area contributed by atoms with Gasteiger partial charge in [0.05, 0.1) is 0 Å². The molecule has 0 aromatic heterocycles. The first-order valence-corrected chi connectivity index (χ1v) is 8.00. The lowest BCUT2D eigenvalue weighted by molar-refractivity contribution is 0.285. The second kappa shape index (κ2) is 5.93. The molecule has 1 aromatic carbocycles. The third-order valence-electron chi connectivity index (χ3n) is 3.73. The highest BCUT2D eigenvalue weighted by atomic mass is 32.2. The van der Waals surface area contributed by atoms with Crippen molar-refractivity contribution in [3.63, 3.8) is 0 Å². The van der Waals surface area contributed by atoms with E-state index in [2.05, 4.69) is 36.7 Å². The first kappa shape index (κ1) is 13.7. The van der Waals surface area contributed by atoms with Gasteiger partial charge in [0.1, 0.15) is 4.99 Å². The molecule has 0 heterocycles. The number of thiocarbonyl (C=S) groups is 1. The number of hydrogen-bond acceptors (Lipinski definition) is 3. The summed E-state index contributed by atoms with van der Waals surface area (Å²) in [5.74, 6) is 0.794. The second-order valence-corrected chi connectivity index (χ2v) is 6.16. The van der Waals surface area contributed by atoms with Gasteiger partial charge >= 0.3 is 0 Å². The maximum atomic E-state index is 5.87. The van der Waals surface area contributed by atoms with E-state index >= 15 is 0 Å². The molecule has 3 N–H and O–H groups in total. The van der Waals surface area contributed by atoms with Crippen molar-refractivity contribution in [1.29, 1.82) is 0 Å². The molecule has 0 aliphatic heterocycles. The van der Waals surface area contributed by atoms with Crippen LogP contribution in [0.25, 0.3) is 0 Å². The van der Waals surface area contributed by atoms with Gasteiger partial charge < -0.3 is 11.1 Å². The van der Waals surface area contributed by atoms with Gasteiger partial charge in [-0.3, -0.25) is 0 Å². The Balaban J connectivity index is 2.23. The molecule has 2 nitrogen and oxygen atoms in total. The van der Waals surface area contributed by atoms with E-state index in [0.29, 0.717) is 11.0 Å². The summed E-state index contributed by atoms with van der Waals surface area (Å²) in [7, 11) is 0. The summed E-state index contributed by atoms with van der Waals surface area (Å²) in [6, 6.07) is 6.69. The van der Waals surface area contributed by atoms with Gasteiger partial charge in [-0.2, -0.15) is 0 Å². The van der Waals surface area contributed by atoms with E-state index < -0.39 is 0 Å². The average Bonchev–Trinajstić information content (AvgIpc) is 2.25. The molecule has 0 amide bonds. The van der Waals surface area contributed by atoms with Gasteiger partial charge in [0.15, 0.2) is 0 Å². The molecule has 0 spiro atoms. The van der Waals surface area contributed by atoms with Crippen LogP contribution < -0.4 is 11.1 Å². The van der Waals surface area contributed by atoms with Gasteiger partial charge in [-0.25, -0.2) is 0 Å². The largest absolute Gasteiger partial charge is 0.389 e. The summed E-state index contributed by atoms with van der Waals surface area (Å²) < 4.78 is 0. The molecule has 1 aliphatic rings. The van der Waals surface area contributed by atoms with Crippen molar-refractivity contribution in [2.75, 3.05) is 11.6 Å². The van der Waals surface area contributed by atoms with Crippen molar-refractivity contribution in [3.05, 3.63) is 23.8 Å². The number of anilines is 1. The maximum absolute atomic E-state index is 5.87. The zero-order chi connectivity index (χ0) is 13.1. The number of nitrogens with one attached hydrogen (secondary N) is 1. The molecule has 1 unspecified atom stereocenters. The van der Waals surface area contributed by atoms with Crippen LogP contribution >= 0.6 is 24.0 Å². The van der Waals surface area contributed by atoms with E-state index in [0.717, 1.165) is 22.1 Å². The summed E-state index contributed by atoms with van der Waals surface area (Å²) >= 11 is 6.87. The molecule has 1 saturated carbocycles. The lowest BCUT2D eigenvalue weighted by Gasteiger charge is -2.33. The van der Waals surface area contributed by atoms with E-state index in [1.54, 1.807) is 11.8 Å². The van der Waals surface area contributed by atoms with E-state index in [9.17, 15) is 0 Å². The number of hydrogen-bond donors (Lipinski definition) is 2. The van der Waals surface area contributed by atoms with Crippen molar-refractivity contribution in [1.82, 2.24) is 0 Å². The molecule has 98 valence electrons. The molecule has 1 fully saturated rings. The fraction of sp³-hybridized carbons (Fsp3) is 0.500. The standard InChI is InChI=1S/C14H20N2S2/c1-9(10-5-3-6-10)16-11-7-4-8-12(18-2)13(11)14(15)17/h4,7-10,16H,3,5-6H2,1-2H3,(H2,15,17). The van der Waals surface area contributed by atoms with Crippen LogP contribution in [0.1, 0.15) is 31.7 Å². The molecular weight excluding hydrogens is 260 g/mol. The highest BCUT2D eigenvalue weighted by molar-refractivity contribution is 7.98. The van der Waals surface area contributed by atoms with Crippen molar-refractivity contribution < 1.29 is 0 Å². The van der Waals surface area contributed by atoms with Crippen LogP contribution in [0.3, 0.4) is 0 Å². The Morgan fingerprint density at radius 3 is 2.72 bits per heavy atom. The van der Waals surface area contributed by atoms with Crippen LogP contribution in [0, 0.1) is 5.92 Å².